The standard InChI is InChI=1S/C22H20N2O2S/c1-16-21(25)24(14-13-23(16)22(26)20-12-7-15-27-20)19-11-6-5-10-18(19)17-8-3-2-4-9-17/h2-12,15-16H,13-14H2,1H3. The van der Waals surface area contributed by atoms with Crippen molar-refractivity contribution in [3.63, 3.8) is 0 Å². The fourth-order valence-electron chi connectivity index (χ4n) is 3.50. The van der Waals surface area contributed by atoms with Crippen LogP contribution in [-0.4, -0.2) is 35.8 Å². The molecule has 0 N–H and O–H groups in total. The number of anilines is 1. The predicted molar refractivity (Wildman–Crippen MR) is 109 cm³/mol. The Kier molecular flexibility index (Phi) is 4.77. The van der Waals surface area contributed by atoms with Crippen molar-refractivity contribution < 1.29 is 9.59 Å². The maximum Gasteiger partial charge on any atom is 0.264 e. The van der Waals surface area contributed by atoms with E-state index in [0.29, 0.717) is 18.0 Å². The topological polar surface area (TPSA) is 40.6 Å². The van der Waals surface area contributed by atoms with Crippen LogP contribution in [0.3, 0.4) is 0 Å². The highest BCUT2D eigenvalue weighted by Gasteiger charge is 2.36. The molecule has 4 rings (SSSR count). The molecule has 0 bridgehead atoms. The Morgan fingerprint density at radius 1 is 0.963 bits per heavy atom. The molecule has 4 nitrogen and oxygen atoms in total. The van der Waals surface area contributed by atoms with Crippen LogP contribution in [0, 0.1) is 0 Å². The molecule has 5 heteroatoms. The quantitative estimate of drug-likeness (QED) is 0.684. The molecule has 1 unspecified atom stereocenters. The van der Waals surface area contributed by atoms with Gasteiger partial charge in [0.05, 0.1) is 10.6 Å². The van der Waals surface area contributed by atoms with Gasteiger partial charge in [-0.1, -0.05) is 54.6 Å². The SMILES string of the molecule is CC1C(=O)N(c2ccccc2-c2ccccc2)CCN1C(=O)c1cccs1. The fraction of sp³-hybridized carbons (Fsp3) is 0.182. The average Bonchev–Trinajstić information content (AvgIpc) is 3.25. The van der Waals surface area contributed by atoms with Crippen molar-refractivity contribution in [1.29, 1.82) is 0 Å². The Morgan fingerprint density at radius 2 is 1.70 bits per heavy atom. The van der Waals surface area contributed by atoms with E-state index in [1.165, 1.54) is 11.3 Å². The van der Waals surface area contributed by atoms with E-state index in [9.17, 15) is 9.59 Å². The molecule has 0 spiro atoms. The van der Waals surface area contributed by atoms with Crippen molar-refractivity contribution in [3.8, 4) is 11.1 Å². The van der Waals surface area contributed by atoms with Crippen LogP contribution in [0.1, 0.15) is 16.6 Å². The number of benzene rings is 2. The molecule has 1 saturated heterocycles. The first-order valence-electron chi connectivity index (χ1n) is 8.97. The highest BCUT2D eigenvalue weighted by molar-refractivity contribution is 7.12. The Balaban J connectivity index is 1.63. The molecule has 1 aliphatic rings. The van der Waals surface area contributed by atoms with Crippen LogP contribution in [0.25, 0.3) is 11.1 Å². The molecule has 136 valence electrons. The van der Waals surface area contributed by atoms with Crippen molar-refractivity contribution in [2.45, 2.75) is 13.0 Å². The van der Waals surface area contributed by atoms with Gasteiger partial charge in [0.2, 0.25) is 5.91 Å². The number of piperazine rings is 1. The van der Waals surface area contributed by atoms with Gasteiger partial charge in [0, 0.05) is 18.7 Å². The molecule has 27 heavy (non-hydrogen) atoms. The summed E-state index contributed by atoms with van der Waals surface area (Å²) in [5.41, 5.74) is 2.99. The molecule has 2 aromatic carbocycles. The summed E-state index contributed by atoms with van der Waals surface area (Å²) in [4.78, 5) is 30.0. The van der Waals surface area contributed by atoms with Crippen molar-refractivity contribution >= 4 is 28.8 Å². The van der Waals surface area contributed by atoms with Gasteiger partial charge in [0.15, 0.2) is 0 Å². The van der Waals surface area contributed by atoms with E-state index < -0.39 is 6.04 Å². The second kappa shape index (κ2) is 7.37. The maximum atomic E-state index is 13.1. The summed E-state index contributed by atoms with van der Waals surface area (Å²) in [6.45, 7) is 2.82. The minimum atomic E-state index is -0.489. The molecule has 0 radical (unpaired) electrons. The minimum Gasteiger partial charge on any atom is -0.324 e. The van der Waals surface area contributed by atoms with Crippen LogP contribution >= 0.6 is 11.3 Å². The lowest BCUT2D eigenvalue weighted by molar-refractivity contribution is -0.124. The molecule has 1 atom stereocenters. The summed E-state index contributed by atoms with van der Waals surface area (Å²) in [5.74, 6) is -0.114. The maximum absolute atomic E-state index is 13.1. The largest absolute Gasteiger partial charge is 0.324 e. The smallest absolute Gasteiger partial charge is 0.264 e. The van der Waals surface area contributed by atoms with Gasteiger partial charge >= 0.3 is 0 Å². The average molecular weight is 376 g/mol. The van der Waals surface area contributed by atoms with E-state index in [4.69, 9.17) is 0 Å². The lowest BCUT2D eigenvalue weighted by Crippen LogP contribution is -2.57. The zero-order valence-corrected chi connectivity index (χ0v) is 15.9. The van der Waals surface area contributed by atoms with E-state index in [0.717, 1.165) is 16.8 Å². The van der Waals surface area contributed by atoms with E-state index >= 15 is 0 Å². The third-order valence-corrected chi connectivity index (χ3v) is 5.79. The molecule has 1 aliphatic heterocycles. The number of rotatable bonds is 3. The van der Waals surface area contributed by atoms with E-state index in [1.807, 2.05) is 77.9 Å². The third-order valence-electron chi connectivity index (χ3n) is 4.93. The van der Waals surface area contributed by atoms with E-state index in [1.54, 1.807) is 11.0 Å². The second-order valence-corrected chi connectivity index (χ2v) is 7.47. The molecular weight excluding hydrogens is 356 g/mol. The number of carbonyl (C=O) groups excluding carboxylic acids is 2. The molecule has 3 aromatic rings. The lowest BCUT2D eigenvalue weighted by Gasteiger charge is -2.39. The van der Waals surface area contributed by atoms with Crippen LogP contribution in [0.4, 0.5) is 5.69 Å². The summed E-state index contributed by atoms with van der Waals surface area (Å²) < 4.78 is 0. The Hall–Kier alpha value is -2.92. The Bertz CT molecular complexity index is 953. The van der Waals surface area contributed by atoms with Gasteiger partial charge in [-0.25, -0.2) is 0 Å². The van der Waals surface area contributed by atoms with Crippen LogP contribution in [0.2, 0.25) is 0 Å². The van der Waals surface area contributed by atoms with Gasteiger partial charge in [0.1, 0.15) is 6.04 Å². The molecule has 1 aromatic heterocycles. The van der Waals surface area contributed by atoms with Crippen molar-refractivity contribution in [2.24, 2.45) is 0 Å². The summed E-state index contributed by atoms with van der Waals surface area (Å²) in [7, 11) is 0. The van der Waals surface area contributed by atoms with Gasteiger partial charge < -0.3 is 9.80 Å². The third kappa shape index (κ3) is 3.26. The first-order chi connectivity index (χ1) is 13.2. The number of hydrogen-bond donors (Lipinski definition) is 0. The number of nitrogens with zero attached hydrogens (tertiary/aromatic N) is 2. The molecule has 0 saturated carbocycles. The Labute approximate surface area is 162 Å². The second-order valence-electron chi connectivity index (χ2n) is 6.52. The van der Waals surface area contributed by atoms with Crippen LogP contribution in [0.15, 0.2) is 72.1 Å². The highest BCUT2D eigenvalue weighted by Crippen LogP contribution is 2.32. The summed E-state index contributed by atoms with van der Waals surface area (Å²) in [5, 5.41) is 1.88. The van der Waals surface area contributed by atoms with Gasteiger partial charge in [-0.3, -0.25) is 9.59 Å². The molecule has 2 heterocycles. The van der Waals surface area contributed by atoms with Crippen molar-refractivity contribution in [2.75, 3.05) is 18.0 Å². The monoisotopic (exact) mass is 376 g/mol. The summed E-state index contributed by atoms with van der Waals surface area (Å²) >= 11 is 1.41. The number of hydrogen-bond acceptors (Lipinski definition) is 3. The number of amides is 2. The van der Waals surface area contributed by atoms with E-state index in [2.05, 4.69) is 0 Å². The van der Waals surface area contributed by atoms with Gasteiger partial charge in [-0.15, -0.1) is 11.3 Å². The number of thiophene rings is 1. The fourth-order valence-corrected chi connectivity index (χ4v) is 4.18. The highest BCUT2D eigenvalue weighted by atomic mass is 32.1. The van der Waals surface area contributed by atoms with Crippen LogP contribution < -0.4 is 4.90 Å². The Morgan fingerprint density at radius 3 is 2.44 bits per heavy atom. The van der Waals surface area contributed by atoms with Crippen LogP contribution in [-0.2, 0) is 4.79 Å². The summed E-state index contributed by atoms with van der Waals surface area (Å²) in [6.07, 6.45) is 0. The van der Waals surface area contributed by atoms with Gasteiger partial charge in [-0.2, -0.15) is 0 Å². The van der Waals surface area contributed by atoms with Crippen molar-refractivity contribution in [3.05, 3.63) is 77.0 Å². The normalized spacial score (nSPS) is 17.2. The van der Waals surface area contributed by atoms with Crippen molar-refractivity contribution in [1.82, 2.24) is 4.90 Å². The zero-order chi connectivity index (χ0) is 18.8. The van der Waals surface area contributed by atoms with Gasteiger partial charge in [0.25, 0.3) is 5.91 Å². The molecule has 1 fully saturated rings. The molecule has 0 aliphatic carbocycles. The zero-order valence-electron chi connectivity index (χ0n) is 15.0. The predicted octanol–water partition coefficient (Wildman–Crippen LogP) is 4.29. The molecular formula is C22H20N2O2S. The van der Waals surface area contributed by atoms with Gasteiger partial charge in [-0.05, 0) is 30.0 Å². The summed E-state index contributed by atoms with van der Waals surface area (Å²) in [6, 6.07) is 21.2. The van der Waals surface area contributed by atoms with Crippen LogP contribution in [0.5, 0.6) is 0 Å². The molecule has 2 amide bonds. The lowest BCUT2D eigenvalue weighted by atomic mass is 10.0. The first-order valence-corrected chi connectivity index (χ1v) is 9.85. The number of para-hydroxylation sites is 1. The first kappa shape index (κ1) is 17.5. The van der Waals surface area contributed by atoms with E-state index in [-0.39, 0.29) is 11.8 Å². The number of carbonyl (C=O) groups is 2. The minimum absolute atomic E-state index is 0.0467.